The molecule has 3 atom stereocenters. The Bertz CT molecular complexity index is 924. The fourth-order valence-corrected chi connectivity index (χ4v) is 4.31. The maximum Gasteiger partial charge on any atom is 0.274 e. The number of hydrogen-bond donors (Lipinski definition) is 2. The smallest absolute Gasteiger partial charge is 0.274 e. The molecule has 3 N–H and O–H groups in total. The number of carbonyl (C=O) groups excluding carboxylic acids is 2. The molecular formula is C21H25N5O3. The normalized spacial score (nSPS) is 24.5. The Labute approximate surface area is 168 Å². The molecule has 2 amide bonds. The number of amides is 2. The summed E-state index contributed by atoms with van der Waals surface area (Å²) in [5.74, 6) is -0.299. The van der Waals surface area contributed by atoms with Gasteiger partial charge in [-0.1, -0.05) is 30.3 Å². The predicted octanol–water partition coefficient (Wildman–Crippen LogP) is 0.718. The summed E-state index contributed by atoms with van der Waals surface area (Å²) in [6, 6.07) is 12.0. The highest BCUT2D eigenvalue weighted by molar-refractivity contribution is 5.96. The van der Waals surface area contributed by atoms with Crippen LogP contribution in [0.4, 0.5) is 0 Å². The van der Waals surface area contributed by atoms with Crippen LogP contribution in [0.25, 0.3) is 0 Å². The minimum atomic E-state index is -0.522. The maximum atomic E-state index is 13.3. The predicted molar refractivity (Wildman–Crippen MR) is 107 cm³/mol. The number of H-pyrrole nitrogens is 1. The van der Waals surface area contributed by atoms with Gasteiger partial charge in [0.1, 0.15) is 11.7 Å². The Morgan fingerprint density at radius 1 is 1.07 bits per heavy atom. The third-order valence-electron chi connectivity index (χ3n) is 5.85. The fourth-order valence-electron chi connectivity index (χ4n) is 4.31. The van der Waals surface area contributed by atoms with Gasteiger partial charge in [-0.3, -0.25) is 14.4 Å². The zero-order valence-corrected chi connectivity index (χ0v) is 16.2. The Kier molecular flexibility index (Phi) is 5.44. The molecule has 4 rings (SSSR count). The Morgan fingerprint density at radius 3 is 2.59 bits per heavy atom. The van der Waals surface area contributed by atoms with Gasteiger partial charge in [-0.15, -0.1) is 0 Å². The fraction of sp³-hybridized carbons (Fsp3) is 0.429. The zero-order valence-electron chi connectivity index (χ0n) is 16.2. The maximum absolute atomic E-state index is 13.3. The summed E-state index contributed by atoms with van der Waals surface area (Å²) in [6.07, 6.45) is 2.35. The van der Waals surface area contributed by atoms with E-state index in [9.17, 15) is 14.4 Å². The number of piperidine rings is 1. The number of nitrogens with one attached hydrogen (secondary N) is 1. The van der Waals surface area contributed by atoms with Crippen molar-refractivity contribution < 1.29 is 9.59 Å². The summed E-state index contributed by atoms with van der Waals surface area (Å²) in [5, 5.41) is 6.12. The summed E-state index contributed by atoms with van der Waals surface area (Å²) in [5.41, 5.74) is 7.25. The highest BCUT2D eigenvalue weighted by atomic mass is 16.2. The van der Waals surface area contributed by atoms with Crippen molar-refractivity contribution >= 4 is 11.8 Å². The van der Waals surface area contributed by atoms with Crippen molar-refractivity contribution in [1.82, 2.24) is 20.0 Å². The zero-order chi connectivity index (χ0) is 20.4. The SMILES string of the molecule is N[C@@H]1CN(C(=O)C2CCCCN2C(=O)c2ccc(=O)[nH]n2)C[C@H]1c1ccccc1. The molecule has 0 radical (unpaired) electrons. The lowest BCUT2D eigenvalue weighted by Crippen LogP contribution is -2.53. The monoisotopic (exact) mass is 395 g/mol. The molecule has 1 unspecified atom stereocenters. The molecular weight excluding hydrogens is 370 g/mol. The number of likely N-dealkylation sites (tertiary alicyclic amines) is 2. The first-order chi connectivity index (χ1) is 14.0. The highest BCUT2D eigenvalue weighted by Gasteiger charge is 2.40. The second-order valence-electron chi connectivity index (χ2n) is 7.74. The molecule has 2 fully saturated rings. The van der Waals surface area contributed by atoms with Gasteiger partial charge in [-0.05, 0) is 30.9 Å². The van der Waals surface area contributed by atoms with Crippen molar-refractivity contribution in [3.63, 3.8) is 0 Å². The average molecular weight is 395 g/mol. The summed E-state index contributed by atoms with van der Waals surface area (Å²) in [6.45, 7) is 1.53. The van der Waals surface area contributed by atoms with Crippen molar-refractivity contribution in [2.24, 2.45) is 5.73 Å². The first kappa shape index (κ1) is 19.3. The van der Waals surface area contributed by atoms with E-state index in [1.165, 1.54) is 12.1 Å². The van der Waals surface area contributed by atoms with Gasteiger partial charge >= 0.3 is 0 Å². The summed E-state index contributed by atoms with van der Waals surface area (Å²) >= 11 is 0. The van der Waals surface area contributed by atoms with Crippen molar-refractivity contribution in [3.8, 4) is 0 Å². The van der Waals surface area contributed by atoms with E-state index in [-0.39, 0.29) is 35.0 Å². The number of hydrogen-bond acceptors (Lipinski definition) is 5. The molecule has 8 nitrogen and oxygen atoms in total. The molecule has 2 aliphatic heterocycles. The van der Waals surface area contributed by atoms with Gasteiger partial charge < -0.3 is 15.5 Å². The lowest BCUT2D eigenvalue weighted by atomic mass is 9.95. The van der Waals surface area contributed by atoms with Crippen LogP contribution in [0.2, 0.25) is 0 Å². The van der Waals surface area contributed by atoms with Crippen molar-refractivity contribution in [1.29, 1.82) is 0 Å². The van der Waals surface area contributed by atoms with E-state index in [1.807, 2.05) is 30.3 Å². The van der Waals surface area contributed by atoms with Crippen LogP contribution in [0.15, 0.2) is 47.3 Å². The Hall–Kier alpha value is -3.00. The molecule has 1 aromatic carbocycles. The summed E-state index contributed by atoms with van der Waals surface area (Å²) < 4.78 is 0. The lowest BCUT2D eigenvalue weighted by Gasteiger charge is -2.36. The van der Waals surface area contributed by atoms with Gasteiger partial charge in [0.25, 0.3) is 11.5 Å². The van der Waals surface area contributed by atoms with E-state index < -0.39 is 6.04 Å². The van der Waals surface area contributed by atoms with Gasteiger partial charge in [0, 0.05) is 37.7 Å². The van der Waals surface area contributed by atoms with Crippen molar-refractivity contribution in [3.05, 3.63) is 64.1 Å². The third-order valence-corrected chi connectivity index (χ3v) is 5.85. The van der Waals surface area contributed by atoms with Gasteiger partial charge in [0.2, 0.25) is 5.91 Å². The quantitative estimate of drug-likeness (QED) is 0.795. The molecule has 0 bridgehead atoms. The number of nitrogens with zero attached hydrogens (tertiary/aromatic N) is 3. The number of aromatic amines is 1. The van der Waals surface area contributed by atoms with E-state index >= 15 is 0 Å². The van der Waals surface area contributed by atoms with Crippen LogP contribution in [0.3, 0.4) is 0 Å². The number of nitrogens with two attached hydrogens (primary N) is 1. The molecule has 2 aromatic rings. The highest BCUT2D eigenvalue weighted by Crippen LogP contribution is 2.29. The Balaban J connectivity index is 1.51. The van der Waals surface area contributed by atoms with Crippen LogP contribution in [0.5, 0.6) is 0 Å². The van der Waals surface area contributed by atoms with Crippen LogP contribution in [-0.4, -0.2) is 63.5 Å². The molecule has 1 aromatic heterocycles. The van der Waals surface area contributed by atoms with Crippen LogP contribution >= 0.6 is 0 Å². The van der Waals surface area contributed by atoms with Gasteiger partial charge in [0.05, 0.1) is 0 Å². The standard InChI is InChI=1S/C21H25N5O3/c22-16-13-25(12-15(16)14-6-2-1-3-7-14)21(29)18-8-4-5-11-26(18)20(28)17-9-10-19(27)24-23-17/h1-3,6-7,9-10,15-16,18H,4-5,8,11-13,22H2,(H,24,27)/t15-,16+,18?/m0/s1. The molecule has 0 spiro atoms. The lowest BCUT2D eigenvalue weighted by molar-refractivity contribution is -0.136. The van der Waals surface area contributed by atoms with Crippen LogP contribution in [-0.2, 0) is 4.79 Å². The molecule has 0 saturated carbocycles. The molecule has 29 heavy (non-hydrogen) atoms. The largest absolute Gasteiger partial charge is 0.339 e. The molecule has 3 heterocycles. The summed E-state index contributed by atoms with van der Waals surface area (Å²) in [4.78, 5) is 40.9. The van der Waals surface area contributed by atoms with Crippen LogP contribution in [0, 0.1) is 0 Å². The number of aromatic nitrogens is 2. The number of rotatable bonds is 3. The van der Waals surface area contributed by atoms with Crippen molar-refractivity contribution in [2.45, 2.75) is 37.3 Å². The van der Waals surface area contributed by atoms with Crippen LogP contribution < -0.4 is 11.3 Å². The van der Waals surface area contributed by atoms with Gasteiger partial charge in [-0.2, -0.15) is 5.10 Å². The van der Waals surface area contributed by atoms with Crippen molar-refractivity contribution in [2.75, 3.05) is 19.6 Å². The second kappa shape index (κ2) is 8.16. The molecule has 2 saturated heterocycles. The van der Waals surface area contributed by atoms with E-state index in [0.717, 1.165) is 18.4 Å². The minimum absolute atomic E-state index is 0.0589. The molecule has 0 aliphatic carbocycles. The Morgan fingerprint density at radius 2 is 1.86 bits per heavy atom. The molecule has 2 aliphatic rings. The average Bonchev–Trinajstić information content (AvgIpc) is 3.15. The minimum Gasteiger partial charge on any atom is -0.339 e. The third kappa shape index (κ3) is 3.93. The number of carbonyl (C=O) groups is 2. The topological polar surface area (TPSA) is 112 Å². The summed E-state index contributed by atoms with van der Waals surface area (Å²) in [7, 11) is 0. The van der Waals surface area contributed by atoms with Gasteiger partial charge in [-0.25, -0.2) is 5.10 Å². The van der Waals surface area contributed by atoms with Crippen LogP contribution in [0.1, 0.15) is 41.2 Å². The number of benzene rings is 1. The second-order valence-corrected chi connectivity index (χ2v) is 7.74. The first-order valence-corrected chi connectivity index (χ1v) is 10.0. The first-order valence-electron chi connectivity index (χ1n) is 10.0. The van der Waals surface area contributed by atoms with E-state index in [1.54, 1.807) is 9.80 Å². The molecule has 8 heteroatoms. The van der Waals surface area contributed by atoms with E-state index in [4.69, 9.17) is 5.73 Å². The molecule has 152 valence electrons. The van der Waals surface area contributed by atoms with E-state index in [0.29, 0.717) is 26.1 Å². The van der Waals surface area contributed by atoms with Gasteiger partial charge in [0.15, 0.2) is 0 Å². The van der Waals surface area contributed by atoms with E-state index in [2.05, 4.69) is 10.2 Å².